The number of carbonyl (C=O) groups is 1. The summed E-state index contributed by atoms with van der Waals surface area (Å²) < 4.78 is 38.4. The highest BCUT2D eigenvalue weighted by atomic mass is 19.1. The van der Waals surface area contributed by atoms with Gasteiger partial charge in [0.2, 0.25) is 0 Å². The number of hydrogen-bond acceptors (Lipinski definition) is 5. The monoisotopic (exact) mass is 621 g/mol. The Morgan fingerprint density at radius 1 is 0.978 bits per heavy atom. The van der Waals surface area contributed by atoms with Crippen molar-refractivity contribution in [2.45, 2.75) is 72.1 Å². The Kier molecular flexibility index (Phi) is 8.38. The number of carbonyl (C=O) groups excluding carboxylic acids is 1. The maximum Gasteiger partial charge on any atom is 0.355 e. The number of halogens is 1. The molecule has 1 aliphatic carbocycles. The molecular weight excluding hydrogens is 581 g/mol. The highest BCUT2D eigenvalue weighted by Gasteiger charge is 2.31. The first-order chi connectivity index (χ1) is 22.5. The molecule has 0 unspecified atom stereocenters. The summed E-state index contributed by atoms with van der Waals surface area (Å²) in [5.41, 5.74) is 9.48. The lowest BCUT2D eigenvalue weighted by Crippen LogP contribution is -2.16. The summed E-state index contributed by atoms with van der Waals surface area (Å²) >= 11 is 0. The van der Waals surface area contributed by atoms with Gasteiger partial charge in [-0.3, -0.25) is 4.68 Å². The topological polar surface area (TPSA) is 67.5 Å². The number of fused-ring (bicyclic) bond motifs is 4. The number of esters is 1. The molecule has 3 heterocycles. The molecule has 0 N–H and O–H groups in total. The number of nitrogens with zero attached hydrogens (tertiary/aromatic N) is 3. The van der Waals surface area contributed by atoms with Gasteiger partial charge in [-0.1, -0.05) is 43.3 Å². The molecule has 2 aliphatic rings. The summed E-state index contributed by atoms with van der Waals surface area (Å²) in [6.07, 6.45) is 5.22. The van der Waals surface area contributed by atoms with E-state index in [9.17, 15) is 4.79 Å². The summed E-state index contributed by atoms with van der Waals surface area (Å²) in [6.45, 7) is 5.59. The summed E-state index contributed by atoms with van der Waals surface area (Å²) in [7, 11) is 1.89. The van der Waals surface area contributed by atoms with Crippen molar-refractivity contribution in [3.05, 3.63) is 105 Å². The van der Waals surface area contributed by atoms with E-state index in [0.717, 1.165) is 58.3 Å². The first kappa shape index (κ1) is 30.2. The van der Waals surface area contributed by atoms with E-state index in [4.69, 9.17) is 19.3 Å². The van der Waals surface area contributed by atoms with Gasteiger partial charge in [0, 0.05) is 35.8 Å². The van der Waals surface area contributed by atoms with E-state index in [1.807, 2.05) is 60.5 Å². The summed E-state index contributed by atoms with van der Waals surface area (Å²) in [4.78, 5) is 13.9. The molecule has 0 spiro atoms. The minimum atomic E-state index is -0.410. The van der Waals surface area contributed by atoms with Gasteiger partial charge in [0.25, 0.3) is 0 Å². The van der Waals surface area contributed by atoms with Crippen LogP contribution in [0.15, 0.2) is 54.6 Å². The predicted molar refractivity (Wildman–Crippen MR) is 176 cm³/mol. The van der Waals surface area contributed by atoms with Crippen LogP contribution in [-0.4, -0.2) is 33.5 Å². The van der Waals surface area contributed by atoms with Crippen LogP contribution in [0, 0.1) is 5.82 Å². The van der Waals surface area contributed by atoms with Gasteiger partial charge in [-0.15, -0.1) is 0 Å². The minimum absolute atomic E-state index is 0.237. The van der Waals surface area contributed by atoms with Crippen molar-refractivity contribution in [1.82, 2.24) is 14.3 Å². The molecule has 1 aliphatic heterocycles. The van der Waals surface area contributed by atoms with E-state index in [1.54, 1.807) is 0 Å². The van der Waals surface area contributed by atoms with Crippen LogP contribution in [0.1, 0.15) is 76.4 Å². The molecule has 46 heavy (non-hydrogen) atoms. The van der Waals surface area contributed by atoms with Crippen molar-refractivity contribution in [2.24, 2.45) is 7.05 Å². The lowest BCUT2D eigenvalue weighted by Gasteiger charge is -2.16. The lowest BCUT2D eigenvalue weighted by molar-refractivity contribution is 0.0513. The number of aromatic nitrogens is 3. The van der Waals surface area contributed by atoms with E-state index >= 15 is 4.39 Å². The molecular formula is C38H40FN3O4. The number of benzene rings is 3. The molecule has 3 aromatic carbocycles. The van der Waals surface area contributed by atoms with E-state index < -0.39 is 5.97 Å². The second-order valence-corrected chi connectivity index (χ2v) is 12.2. The van der Waals surface area contributed by atoms with Crippen molar-refractivity contribution in [1.29, 1.82) is 0 Å². The van der Waals surface area contributed by atoms with Gasteiger partial charge >= 0.3 is 5.97 Å². The Hall–Kier alpha value is -4.43. The molecule has 0 fully saturated rings. The van der Waals surface area contributed by atoms with Crippen molar-refractivity contribution in [3.8, 4) is 16.9 Å². The van der Waals surface area contributed by atoms with E-state index in [2.05, 4.69) is 18.2 Å². The molecule has 2 aromatic heterocycles. The number of aryl methyl sites for hydroxylation is 3. The summed E-state index contributed by atoms with van der Waals surface area (Å²) in [6, 6.07) is 17.7. The minimum Gasteiger partial charge on any atom is -0.493 e. The van der Waals surface area contributed by atoms with Gasteiger partial charge in [-0.05, 0) is 91.5 Å². The van der Waals surface area contributed by atoms with Crippen LogP contribution in [0.3, 0.4) is 0 Å². The molecule has 0 saturated heterocycles. The third-order valence-corrected chi connectivity index (χ3v) is 9.44. The Labute approximate surface area is 268 Å². The third-order valence-electron chi connectivity index (χ3n) is 9.44. The van der Waals surface area contributed by atoms with Crippen LogP contribution in [0.5, 0.6) is 5.75 Å². The molecule has 7 nitrogen and oxygen atoms in total. The van der Waals surface area contributed by atoms with Gasteiger partial charge < -0.3 is 18.8 Å². The van der Waals surface area contributed by atoms with Crippen molar-refractivity contribution < 1.29 is 23.4 Å². The van der Waals surface area contributed by atoms with Crippen molar-refractivity contribution in [3.63, 3.8) is 0 Å². The zero-order valence-corrected chi connectivity index (χ0v) is 26.8. The van der Waals surface area contributed by atoms with Crippen LogP contribution >= 0.6 is 0 Å². The quantitative estimate of drug-likeness (QED) is 0.133. The predicted octanol–water partition coefficient (Wildman–Crippen LogP) is 7.50. The van der Waals surface area contributed by atoms with Crippen molar-refractivity contribution >= 4 is 16.9 Å². The van der Waals surface area contributed by atoms with E-state index in [1.165, 1.54) is 17.2 Å². The Balaban J connectivity index is 1.40. The molecule has 8 heteroatoms. The highest BCUT2D eigenvalue weighted by molar-refractivity contribution is 6.05. The Morgan fingerprint density at radius 3 is 2.63 bits per heavy atom. The largest absolute Gasteiger partial charge is 0.493 e. The van der Waals surface area contributed by atoms with Crippen LogP contribution < -0.4 is 4.74 Å². The molecule has 238 valence electrons. The fourth-order valence-corrected chi connectivity index (χ4v) is 7.42. The van der Waals surface area contributed by atoms with Gasteiger partial charge in [0.15, 0.2) is 0 Å². The Bertz CT molecular complexity index is 1940. The first-order valence-electron chi connectivity index (χ1n) is 16.4. The fourth-order valence-electron chi connectivity index (χ4n) is 7.42. The molecule has 0 atom stereocenters. The van der Waals surface area contributed by atoms with Crippen LogP contribution in [-0.2, 0) is 62.0 Å². The summed E-state index contributed by atoms with van der Waals surface area (Å²) in [5.74, 6) is 0.190. The summed E-state index contributed by atoms with van der Waals surface area (Å²) in [5, 5.41) is 5.64. The highest BCUT2D eigenvalue weighted by Crippen LogP contribution is 2.41. The number of ether oxygens (including phenoxy) is 3. The van der Waals surface area contributed by atoms with Gasteiger partial charge in [0.05, 0.1) is 37.6 Å². The second kappa shape index (κ2) is 12.8. The normalized spacial score (nSPS) is 14.0. The average Bonchev–Trinajstić information content (AvgIpc) is 3.74. The maximum absolute atomic E-state index is 16.3. The van der Waals surface area contributed by atoms with Crippen LogP contribution in [0.2, 0.25) is 0 Å². The molecule has 0 radical (unpaired) electrons. The lowest BCUT2D eigenvalue weighted by atomic mass is 9.96. The SMILES string of the molecule is CCOC(=O)c1c(CCCOc2cccc3c2CCC3)c2ccc(F)c3c2n1Cc1ccccc1COCc1nn(C)c(CC)c1-3. The zero-order chi connectivity index (χ0) is 31.8. The van der Waals surface area contributed by atoms with Crippen LogP contribution in [0.4, 0.5) is 4.39 Å². The van der Waals surface area contributed by atoms with Gasteiger partial charge in [0.1, 0.15) is 17.3 Å². The van der Waals surface area contributed by atoms with E-state index in [0.29, 0.717) is 61.5 Å². The fraction of sp³-hybridized carbons (Fsp3) is 0.368. The molecule has 5 aromatic rings. The maximum atomic E-state index is 16.3. The smallest absolute Gasteiger partial charge is 0.355 e. The Morgan fingerprint density at radius 2 is 1.80 bits per heavy atom. The van der Waals surface area contributed by atoms with Crippen LogP contribution in [0.25, 0.3) is 22.0 Å². The first-order valence-corrected chi connectivity index (χ1v) is 16.4. The zero-order valence-electron chi connectivity index (χ0n) is 26.8. The van der Waals surface area contributed by atoms with E-state index in [-0.39, 0.29) is 19.0 Å². The van der Waals surface area contributed by atoms with Gasteiger partial charge in [-0.2, -0.15) is 5.10 Å². The molecule has 0 bridgehead atoms. The average molecular weight is 622 g/mol. The number of rotatable bonds is 8. The van der Waals surface area contributed by atoms with Crippen molar-refractivity contribution in [2.75, 3.05) is 13.2 Å². The van der Waals surface area contributed by atoms with Gasteiger partial charge in [-0.25, -0.2) is 9.18 Å². The second-order valence-electron chi connectivity index (χ2n) is 12.2. The number of hydrogen-bond donors (Lipinski definition) is 0. The third kappa shape index (κ3) is 5.28. The molecule has 0 amide bonds. The standard InChI is InChI=1S/C38H40FN3O4/c1-4-32-35-31(40-41(32)3)23-44-22-26-12-7-6-11-25(26)21-42-36-29(18-19-30(39)34(35)36)28(37(42)38(43)45-5-2)16-10-20-46-33-17-9-14-24-13-8-15-27(24)33/h6-7,9,11-12,14,17-19H,4-5,8,10,13,15-16,20-23H2,1-3H3. The molecule has 7 rings (SSSR count). The molecule has 0 saturated carbocycles.